The number of hydrogen-bond donors (Lipinski definition) is 0. The summed E-state index contributed by atoms with van der Waals surface area (Å²) in [5.41, 5.74) is 23.9. The number of nitrogens with one attached hydrogen (secondary N) is 1. The van der Waals surface area contributed by atoms with Crippen molar-refractivity contribution in [3.63, 3.8) is 0 Å². The van der Waals surface area contributed by atoms with E-state index < -0.39 is 15.9 Å². The molecule has 618 valence electrons. The van der Waals surface area contributed by atoms with Crippen molar-refractivity contribution in [3.8, 4) is 56.9 Å². The third kappa shape index (κ3) is 16.7. The van der Waals surface area contributed by atoms with Crippen LogP contribution >= 0.6 is 0 Å². The SMILES string of the molecule is CC(C)c1cc(-c2ccccc2)cc(C(C)C)c1-n1ccnc1C1C=CC=C[CH-]1.CN1CC=Cc2cccc([O][Al][O]c3cccc4ccc[n+](C)c34)c21.COc1cccc2cccnc12.[Ir].[Li+].[O-]c1cccc2ccc[nH+]c12.c1ccc(-n2c3ccccc3n3c4ccc5c6ccccc6n(-c6cccc(-n7c8ccccc8c8ccccc87)c6)c5c4nc23)cc1. The Hall–Kier alpha value is -14.0. The predicted molar refractivity (Wildman–Crippen MR) is 510 cm³/mol. The summed E-state index contributed by atoms with van der Waals surface area (Å²) in [6, 6.07) is 109. The molecule has 9 heterocycles. The fourth-order valence-corrected chi connectivity index (χ4v) is 18.3. The molecule has 21 aromatic rings. The van der Waals surface area contributed by atoms with Gasteiger partial charge in [0.2, 0.25) is 11.3 Å². The van der Waals surface area contributed by atoms with Gasteiger partial charge in [-0.1, -0.05) is 210 Å². The number of fused-ring (bicyclic) bond motifs is 16. The molecule has 127 heavy (non-hydrogen) atoms. The van der Waals surface area contributed by atoms with Crippen LogP contribution in [0.25, 0.3) is 144 Å². The van der Waals surface area contributed by atoms with E-state index in [9.17, 15) is 5.11 Å². The second-order valence-electron chi connectivity index (χ2n) is 31.8. The fourth-order valence-electron chi connectivity index (χ4n) is 17.6. The molecule has 0 saturated heterocycles. The standard InChI is InChI=1S/C43H27N5.C27H29N2.C10H9NO.C10H11NO.C10H9NO.C9H7NO.Al.Ir.Li/c1-2-13-28(14-3-1)47-38-23-10-11-24-39(38)48-40-26-25-34-33-19-6-9-22-37(33)46(42(34)41(40)44-43(47)48)30-16-12-15-29(27-30)45-35-20-7-4-17-31(35)32-18-5-8-21-36(32)45;1-19(2)24-17-23(21-11-7-5-8-12-21)18-25(20(3)4)26(24)29-16-15-28-27(29)22-13-9-6-10-14-22;1-12-9-6-2-4-8-5-3-7-11-10(8)9;2*1-11-7-3-5-8-4-2-6-9(12)10(8)11;11-8-5-1-3-7-4-2-6-10-9(7)8;;;/h1-27H;5-20,22H,1-4H3;2-7H,1H3;2-6,12H,7H2,1H3;2-7H,1H3;1-6,11H;;;/q;-1;;;;;+2;;+1/p-1. The van der Waals surface area contributed by atoms with Crippen molar-refractivity contribution in [2.24, 2.45) is 7.05 Å². The number of nitrogens with zero attached hydrogens (tertiary/aromatic N) is 10. The van der Waals surface area contributed by atoms with Crippen LogP contribution in [0.2, 0.25) is 0 Å². The molecule has 1 N–H and O–H groups in total. The predicted octanol–water partition coefficient (Wildman–Crippen LogP) is 20.9. The van der Waals surface area contributed by atoms with E-state index in [1.807, 2.05) is 98.3 Å². The van der Waals surface area contributed by atoms with Crippen LogP contribution in [-0.2, 0) is 27.2 Å². The van der Waals surface area contributed by atoms with Crippen molar-refractivity contribution >= 4 is 132 Å². The van der Waals surface area contributed by atoms with E-state index in [0.717, 1.165) is 118 Å². The minimum atomic E-state index is -0.656. The van der Waals surface area contributed by atoms with Gasteiger partial charge in [-0.3, -0.25) is 14.0 Å². The number of hydrogen-bond acceptors (Lipinski definition) is 8. The van der Waals surface area contributed by atoms with Crippen LogP contribution in [0.5, 0.6) is 23.0 Å². The number of imidazole rings is 3. The van der Waals surface area contributed by atoms with Gasteiger partial charge in [-0.2, -0.15) is 4.57 Å². The molecule has 15 nitrogen and oxygen atoms in total. The Balaban J connectivity index is 0.000000123. The average molecular weight is 1850 g/mol. The van der Waals surface area contributed by atoms with Gasteiger partial charge in [-0.05, 0) is 179 Å². The van der Waals surface area contributed by atoms with E-state index >= 15 is 0 Å². The number of rotatable bonds is 13. The number of aryl methyl sites for hydroxylation is 1. The number of para-hydroxylation sites is 10. The third-order valence-electron chi connectivity index (χ3n) is 23.4. The maximum Gasteiger partial charge on any atom is 1.00 e. The van der Waals surface area contributed by atoms with Gasteiger partial charge in [-0.25, -0.2) is 33.5 Å². The third-order valence-corrected chi connectivity index (χ3v) is 24.1. The summed E-state index contributed by atoms with van der Waals surface area (Å²) in [6.07, 6.45) is 24.6. The Labute approximate surface area is 770 Å². The molecule has 8 aromatic heterocycles. The molecule has 0 bridgehead atoms. The molecule has 13 aromatic carbocycles. The second kappa shape index (κ2) is 37.9. The molecule has 0 spiro atoms. The topological polar surface area (TPSA) is 135 Å². The summed E-state index contributed by atoms with van der Waals surface area (Å²) >= 11 is -0.656. The number of aromatic nitrogens is 10. The van der Waals surface area contributed by atoms with Crippen molar-refractivity contribution in [1.82, 2.24) is 37.6 Å². The Morgan fingerprint density at radius 1 is 0.504 bits per heavy atom. The maximum absolute atomic E-state index is 11.1. The number of pyridine rings is 3. The molecule has 1 aliphatic heterocycles. The van der Waals surface area contributed by atoms with E-state index in [1.165, 1.54) is 66.1 Å². The molecule has 0 amide bonds. The number of allylic oxidation sites excluding steroid dienone is 4. The van der Waals surface area contributed by atoms with Gasteiger partial charge in [0.1, 0.15) is 35.4 Å². The van der Waals surface area contributed by atoms with Gasteiger partial charge in [0, 0.05) is 119 Å². The zero-order valence-corrected chi connectivity index (χ0v) is 75.5. The number of H-pyrrole nitrogens is 1. The fraction of sp³-hybridized carbons (Fsp3) is 0.101. The first kappa shape index (κ1) is 85.2. The first-order valence-electron chi connectivity index (χ1n) is 42.3. The largest absolute Gasteiger partial charge is 1.00 e. The molecule has 2 radical (unpaired) electrons. The van der Waals surface area contributed by atoms with Gasteiger partial charge >= 0.3 is 34.7 Å². The molecular formula is C109H91AlIrLiN11O4+. The Bertz CT molecular complexity index is 7580. The van der Waals surface area contributed by atoms with Gasteiger partial charge < -0.3 is 36.0 Å². The molecular weight excluding hydrogens is 1750 g/mol. The van der Waals surface area contributed by atoms with Crippen LogP contribution in [-0.4, -0.2) is 74.2 Å². The summed E-state index contributed by atoms with van der Waals surface area (Å²) in [5, 5.41) is 19.3. The Morgan fingerprint density at radius 3 is 1.80 bits per heavy atom. The molecule has 0 fully saturated rings. The molecule has 2 aliphatic rings. The molecule has 23 rings (SSSR count). The van der Waals surface area contributed by atoms with Crippen molar-refractivity contribution in [1.29, 1.82) is 0 Å². The van der Waals surface area contributed by atoms with Gasteiger partial charge in [0.05, 0.1) is 62.5 Å². The molecule has 18 heteroatoms. The van der Waals surface area contributed by atoms with Crippen LogP contribution in [0.15, 0.2) is 377 Å². The Morgan fingerprint density at radius 2 is 1.09 bits per heavy atom. The van der Waals surface area contributed by atoms with Crippen molar-refractivity contribution in [2.75, 3.05) is 25.6 Å². The number of likely N-dealkylation sites (N-methyl/N-ethyl adjacent to an activating group) is 1. The van der Waals surface area contributed by atoms with E-state index in [2.05, 4.69) is 350 Å². The van der Waals surface area contributed by atoms with Gasteiger partial charge in [-0.15, -0.1) is 12.2 Å². The summed E-state index contributed by atoms with van der Waals surface area (Å²) < 4.78 is 31.0. The first-order valence-corrected chi connectivity index (χ1v) is 43.3. The Kier molecular flexibility index (Phi) is 25.4. The van der Waals surface area contributed by atoms with Crippen LogP contribution in [0.3, 0.4) is 0 Å². The van der Waals surface area contributed by atoms with E-state index in [4.69, 9.17) is 22.3 Å². The molecule has 1 aliphatic carbocycles. The van der Waals surface area contributed by atoms with Crippen molar-refractivity contribution < 1.29 is 65.9 Å². The van der Waals surface area contributed by atoms with Crippen LogP contribution < -0.4 is 50.7 Å². The van der Waals surface area contributed by atoms with Gasteiger partial charge in [0.15, 0.2) is 18.1 Å². The smallest absolute Gasteiger partial charge is 0.868 e. The number of ether oxygens (including phenoxy) is 1. The zero-order valence-electron chi connectivity index (χ0n) is 71.9. The monoisotopic (exact) mass is 1840 g/mol. The van der Waals surface area contributed by atoms with Crippen LogP contribution in [0.4, 0.5) is 5.69 Å². The van der Waals surface area contributed by atoms with Crippen molar-refractivity contribution in [3.05, 3.63) is 406 Å². The average Bonchev–Trinajstić information content (AvgIpc) is 1.54. The number of aromatic amines is 1. The summed E-state index contributed by atoms with van der Waals surface area (Å²) in [4.78, 5) is 19.6. The number of methoxy groups -OCH3 is 1. The van der Waals surface area contributed by atoms with Crippen LogP contribution in [0.1, 0.15) is 68.0 Å². The molecule has 0 saturated carbocycles. The number of benzene rings is 13. The maximum atomic E-state index is 11.1. The molecule has 1 atom stereocenters. The van der Waals surface area contributed by atoms with E-state index in [-0.39, 0.29) is 50.6 Å². The summed E-state index contributed by atoms with van der Waals surface area (Å²) in [7, 11) is 5.76. The number of anilines is 1. The minimum Gasteiger partial charge on any atom is -0.868 e. The first-order chi connectivity index (χ1) is 61.4. The normalized spacial score (nSPS) is 12.6. The minimum absolute atomic E-state index is 0. The van der Waals surface area contributed by atoms with Crippen molar-refractivity contribution in [2.45, 2.75) is 45.4 Å². The van der Waals surface area contributed by atoms with Gasteiger partial charge in [0.25, 0.3) is 5.52 Å². The second-order valence-corrected chi connectivity index (χ2v) is 32.5. The van der Waals surface area contributed by atoms with Crippen LogP contribution in [0, 0.1) is 6.42 Å². The summed E-state index contributed by atoms with van der Waals surface area (Å²) in [6.45, 7) is 10.0. The zero-order chi connectivity index (χ0) is 85.0. The van der Waals surface area contributed by atoms with E-state index in [0.29, 0.717) is 17.4 Å². The summed E-state index contributed by atoms with van der Waals surface area (Å²) in [5.74, 6) is 5.60. The van der Waals surface area contributed by atoms with E-state index in [1.54, 1.807) is 31.6 Å². The quantitative estimate of drug-likeness (QED) is 0.0633. The molecule has 1 unspecified atom stereocenters.